The fraction of sp³-hybridized carbons (Fsp3) is 0.278. The van der Waals surface area contributed by atoms with Gasteiger partial charge in [0.2, 0.25) is 0 Å². The van der Waals surface area contributed by atoms with Gasteiger partial charge >= 0.3 is 0 Å². The van der Waals surface area contributed by atoms with E-state index < -0.39 is 0 Å². The summed E-state index contributed by atoms with van der Waals surface area (Å²) in [5, 5.41) is 4.34. The number of nitrogens with one attached hydrogen (secondary N) is 1. The number of rotatable bonds is 7. The van der Waals surface area contributed by atoms with Crippen LogP contribution in [0.5, 0.6) is 11.5 Å². The highest BCUT2D eigenvalue weighted by atomic mass is 35.5. The van der Waals surface area contributed by atoms with E-state index in [4.69, 9.17) is 38.4 Å². The molecule has 0 amide bonds. The van der Waals surface area contributed by atoms with Gasteiger partial charge in [-0.2, -0.15) is 0 Å². The predicted molar refractivity (Wildman–Crippen MR) is 104 cm³/mol. The molecule has 3 N–H and O–H groups in total. The quantitative estimate of drug-likeness (QED) is 0.424. The van der Waals surface area contributed by atoms with Crippen LogP contribution < -0.4 is 20.5 Å². The van der Waals surface area contributed by atoms with Crippen LogP contribution in [0.3, 0.4) is 0 Å². The summed E-state index contributed by atoms with van der Waals surface area (Å²) in [6.45, 7) is 0.588. The molecular weight excluding hydrogens is 361 g/mol. The molecule has 0 bridgehead atoms. The van der Waals surface area contributed by atoms with Crippen molar-refractivity contribution in [3.05, 3.63) is 52.0 Å². The molecule has 0 saturated carbocycles. The maximum absolute atomic E-state index is 6.15. The van der Waals surface area contributed by atoms with Gasteiger partial charge in [0.05, 0.1) is 14.2 Å². The number of nitrogens with two attached hydrogens (primary N) is 1. The van der Waals surface area contributed by atoms with Crippen LogP contribution >= 0.6 is 23.2 Å². The number of nitrogens with zero attached hydrogens (tertiary/aromatic N) is 1. The Bertz CT molecular complexity index is 751. The van der Waals surface area contributed by atoms with Crippen LogP contribution in [-0.4, -0.2) is 26.7 Å². The minimum atomic E-state index is 0.342. The highest BCUT2D eigenvalue weighted by Gasteiger charge is 2.05. The zero-order chi connectivity index (χ0) is 18.2. The maximum atomic E-state index is 6.15. The highest BCUT2D eigenvalue weighted by molar-refractivity contribution is 6.35. The van der Waals surface area contributed by atoms with Crippen molar-refractivity contribution in [2.24, 2.45) is 10.7 Å². The Kier molecular flexibility index (Phi) is 7.22. The van der Waals surface area contributed by atoms with Crippen LogP contribution in [0.25, 0.3) is 0 Å². The Hall–Kier alpha value is -2.11. The summed E-state index contributed by atoms with van der Waals surface area (Å²) in [5.41, 5.74) is 7.75. The van der Waals surface area contributed by atoms with E-state index in [1.54, 1.807) is 32.4 Å². The van der Waals surface area contributed by atoms with Gasteiger partial charge in [0.1, 0.15) is 0 Å². The minimum absolute atomic E-state index is 0.342. The van der Waals surface area contributed by atoms with Crippen molar-refractivity contribution in [3.8, 4) is 11.5 Å². The third-order valence-corrected chi connectivity index (χ3v) is 4.14. The lowest BCUT2D eigenvalue weighted by Crippen LogP contribution is -2.22. The van der Waals surface area contributed by atoms with E-state index in [2.05, 4.69) is 10.3 Å². The average Bonchev–Trinajstić information content (AvgIpc) is 2.60. The van der Waals surface area contributed by atoms with Crippen molar-refractivity contribution in [2.45, 2.75) is 12.8 Å². The van der Waals surface area contributed by atoms with Gasteiger partial charge in [-0.3, -0.25) is 4.99 Å². The zero-order valence-corrected chi connectivity index (χ0v) is 15.7. The van der Waals surface area contributed by atoms with Crippen LogP contribution in [0.4, 0.5) is 5.69 Å². The number of hydrogen-bond donors (Lipinski definition) is 2. The van der Waals surface area contributed by atoms with Crippen LogP contribution in [0.2, 0.25) is 10.0 Å². The molecule has 25 heavy (non-hydrogen) atoms. The van der Waals surface area contributed by atoms with Gasteiger partial charge in [-0.1, -0.05) is 29.3 Å². The molecule has 0 fully saturated rings. The smallest absolute Gasteiger partial charge is 0.193 e. The average molecular weight is 382 g/mol. The van der Waals surface area contributed by atoms with Crippen molar-refractivity contribution in [1.82, 2.24) is 0 Å². The third kappa shape index (κ3) is 5.73. The SMILES string of the molecule is COc1ccc(NC(N)=NCCCc2ccc(Cl)cc2Cl)cc1OC. The first-order valence-electron chi connectivity index (χ1n) is 7.76. The molecule has 0 unspecified atom stereocenters. The summed E-state index contributed by atoms with van der Waals surface area (Å²) >= 11 is 12.0. The number of aliphatic imine (C=N–C) groups is 1. The minimum Gasteiger partial charge on any atom is -0.493 e. The predicted octanol–water partition coefficient (Wildman–Crippen LogP) is 4.37. The van der Waals surface area contributed by atoms with Crippen molar-refractivity contribution >= 4 is 34.8 Å². The van der Waals surface area contributed by atoms with E-state index >= 15 is 0 Å². The van der Waals surface area contributed by atoms with Gasteiger partial charge in [-0.15, -0.1) is 0 Å². The summed E-state index contributed by atoms with van der Waals surface area (Å²) in [5.74, 6) is 1.62. The molecule has 0 aromatic heterocycles. The topological polar surface area (TPSA) is 68.9 Å². The van der Waals surface area contributed by atoms with Crippen molar-refractivity contribution in [3.63, 3.8) is 0 Å². The molecule has 0 aliphatic heterocycles. The molecule has 7 heteroatoms. The normalized spacial score (nSPS) is 11.3. The van der Waals surface area contributed by atoms with Gasteiger partial charge in [-0.25, -0.2) is 0 Å². The molecule has 0 atom stereocenters. The number of hydrogen-bond acceptors (Lipinski definition) is 3. The van der Waals surface area contributed by atoms with Crippen molar-refractivity contribution in [2.75, 3.05) is 26.1 Å². The Morgan fingerprint density at radius 3 is 2.52 bits per heavy atom. The molecule has 2 aromatic carbocycles. The fourth-order valence-corrected chi connectivity index (χ4v) is 2.80. The molecule has 0 radical (unpaired) electrons. The van der Waals surface area contributed by atoms with Gasteiger partial charge in [0.25, 0.3) is 0 Å². The Morgan fingerprint density at radius 2 is 1.84 bits per heavy atom. The van der Waals surface area contributed by atoms with E-state index in [0.29, 0.717) is 34.0 Å². The lowest BCUT2D eigenvalue weighted by Gasteiger charge is -2.11. The van der Waals surface area contributed by atoms with Gasteiger partial charge in [0.15, 0.2) is 17.5 Å². The molecule has 2 aromatic rings. The van der Waals surface area contributed by atoms with Crippen molar-refractivity contribution in [1.29, 1.82) is 0 Å². The summed E-state index contributed by atoms with van der Waals surface area (Å²) in [6, 6.07) is 11.0. The number of halogens is 2. The van der Waals surface area contributed by atoms with E-state index in [9.17, 15) is 0 Å². The highest BCUT2D eigenvalue weighted by Crippen LogP contribution is 2.29. The van der Waals surface area contributed by atoms with Crippen LogP contribution in [0.1, 0.15) is 12.0 Å². The molecule has 0 spiro atoms. The van der Waals surface area contributed by atoms with E-state index in [1.807, 2.05) is 18.2 Å². The molecule has 134 valence electrons. The van der Waals surface area contributed by atoms with Crippen molar-refractivity contribution < 1.29 is 9.47 Å². The second kappa shape index (κ2) is 9.39. The van der Waals surface area contributed by atoms with E-state index in [0.717, 1.165) is 24.1 Å². The molecule has 2 rings (SSSR count). The first-order chi connectivity index (χ1) is 12.0. The number of aryl methyl sites for hydroxylation is 1. The van der Waals surface area contributed by atoms with E-state index in [-0.39, 0.29) is 0 Å². The summed E-state index contributed by atoms with van der Waals surface area (Å²) in [4.78, 5) is 4.32. The Balaban J connectivity index is 1.87. The standard InChI is InChI=1S/C18H21Cl2N3O2/c1-24-16-8-7-14(11-17(16)25-2)23-18(21)22-9-3-4-12-5-6-13(19)10-15(12)20/h5-8,10-11H,3-4,9H2,1-2H3,(H3,21,22,23). The molecule has 0 aliphatic rings. The zero-order valence-electron chi connectivity index (χ0n) is 14.2. The number of benzene rings is 2. The molecule has 0 heterocycles. The molecule has 0 aliphatic carbocycles. The number of guanidine groups is 1. The Morgan fingerprint density at radius 1 is 1.08 bits per heavy atom. The lowest BCUT2D eigenvalue weighted by molar-refractivity contribution is 0.355. The van der Waals surface area contributed by atoms with E-state index in [1.165, 1.54) is 0 Å². The maximum Gasteiger partial charge on any atom is 0.193 e. The lowest BCUT2D eigenvalue weighted by atomic mass is 10.1. The van der Waals surface area contributed by atoms with Crippen LogP contribution in [0, 0.1) is 0 Å². The number of ether oxygens (including phenoxy) is 2. The van der Waals surface area contributed by atoms with Gasteiger partial charge in [-0.05, 0) is 42.7 Å². The molecule has 5 nitrogen and oxygen atoms in total. The fourth-order valence-electron chi connectivity index (χ4n) is 2.29. The largest absolute Gasteiger partial charge is 0.493 e. The summed E-state index contributed by atoms with van der Waals surface area (Å²) in [7, 11) is 3.18. The van der Waals surface area contributed by atoms with Gasteiger partial charge in [0, 0.05) is 28.3 Å². The van der Waals surface area contributed by atoms with Crippen LogP contribution in [0.15, 0.2) is 41.4 Å². The number of anilines is 1. The molecule has 0 saturated heterocycles. The van der Waals surface area contributed by atoms with Gasteiger partial charge < -0.3 is 20.5 Å². The third-order valence-electron chi connectivity index (χ3n) is 3.56. The molecular formula is C18H21Cl2N3O2. The first kappa shape index (κ1) is 19.2. The summed E-state index contributed by atoms with van der Waals surface area (Å²) in [6.07, 6.45) is 1.64. The Labute approximate surface area is 157 Å². The number of methoxy groups -OCH3 is 2. The second-order valence-corrected chi connectivity index (χ2v) is 6.14. The first-order valence-corrected chi connectivity index (χ1v) is 8.52. The summed E-state index contributed by atoms with van der Waals surface area (Å²) < 4.78 is 10.5. The van der Waals surface area contributed by atoms with Crippen LogP contribution in [-0.2, 0) is 6.42 Å². The monoisotopic (exact) mass is 381 g/mol. The second-order valence-electron chi connectivity index (χ2n) is 5.30.